The molecule has 2 aromatic heterocycles. The summed E-state index contributed by atoms with van der Waals surface area (Å²) in [6, 6.07) is 37.4. The molecule has 5 heteroatoms. The fourth-order valence-electron chi connectivity index (χ4n) is 6.03. The zero-order chi connectivity index (χ0) is 26.0. The molecular weight excluding hydrogens is 497 g/mol. The minimum absolute atomic E-state index is 0.876. The van der Waals surface area contributed by atoms with Crippen LogP contribution in [-0.2, 0) is 4.57 Å². The second kappa shape index (κ2) is 8.36. The summed E-state index contributed by atoms with van der Waals surface area (Å²) in [5.41, 5.74) is 10.5. The normalized spacial score (nSPS) is 13.9. The molecule has 184 valence electrons. The third-order valence-electron chi connectivity index (χ3n) is 7.80. The predicted molar refractivity (Wildman–Crippen MR) is 159 cm³/mol. The molecular formula is C34H22N3OP. The highest BCUT2D eigenvalue weighted by Gasteiger charge is 2.47. The molecule has 0 saturated carbocycles. The highest BCUT2D eigenvalue weighted by atomic mass is 31.2. The second-order valence-electron chi connectivity index (χ2n) is 9.86. The molecule has 39 heavy (non-hydrogen) atoms. The molecule has 0 saturated heterocycles. The molecule has 0 spiro atoms. The van der Waals surface area contributed by atoms with E-state index in [9.17, 15) is 0 Å². The van der Waals surface area contributed by atoms with Gasteiger partial charge >= 0.3 is 0 Å². The Morgan fingerprint density at radius 3 is 1.36 bits per heavy atom. The number of pyridine rings is 2. The number of aromatic nitrogens is 2. The van der Waals surface area contributed by atoms with E-state index in [0.29, 0.717) is 0 Å². The summed E-state index contributed by atoms with van der Waals surface area (Å²) in [6.45, 7) is 0. The van der Waals surface area contributed by atoms with E-state index in [-0.39, 0.29) is 0 Å². The second-order valence-corrected chi connectivity index (χ2v) is 12.4. The standard InChI is InChI=1S/C34H22N3OP/c38-39-33-7-3-1-5-27(33)29-21-25(23-13-17-35-18-14-23)9-11-31(29)37(39)32-12-10-26(24-15-19-36-20-16-24)22-30(32)28-6-2-4-8-34(28)39/h1-22H. The minimum Gasteiger partial charge on any atom is -0.289 e. The van der Waals surface area contributed by atoms with Gasteiger partial charge in [0.05, 0.1) is 11.4 Å². The fourth-order valence-corrected chi connectivity index (χ4v) is 9.30. The zero-order valence-corrected chi connectivity index (χ0v) is 21.8. The van der Waals surface area contributed by atoms with E-state index in [4.69, 9.17) is 0 Å². The predicted octanol–water partition coefficient (Wildman–Crippen LogP) is 7.84. The number of fused-ring (bicyclic) bond motifs is 11. The molecule has 0 unspecified atom stereocenters. The highest BCUT2D eigenvalue weighted by Crippen LogP contribution is 2.66. The lowest BCUT2D eigenvalue weighted by Gasteiger charge is -2.44. The Labute approximate surface area is 226 Å². The van der Waals surface area contributed by atoms with Crippen molar-refractivity contribution >= 4 is 29.3 Å². The van der Waals surface area contributed by atoms with Crippen molar-refractivity contribution in [3.63, 3.8) is 0 Å². The molecule has 2 aliphatic rings. The molecule has 0 radical (unpaired) electrons. The van der Waals surface area contributed by atoms with Gasteiger partial charge in [-0.2, -0.15) is 0 Å². The summed E-state index contributed by atoms with van der Waals surface area (Å²) in [7, 11) is -3.22. The van der Waals surface area contributed by atoms with Crippen LogP contribution in [0.15, 0.2) is 134 Å². The summed E-state index contributed by atoms with van der Waals surface area (Å²) in [4.78, 5) is 8.37. The molecule has 6 aromatic rings. The number of rotatable bonds is 2. The Morgan fingerprint density at radius 1 is 0.462 bits per heavy atom. The van der Waals surface area contributed by atoms with Gasteiger partial charge in [0, 0.05) is 46.5 Å². The summed E-state index contributed by atoms with van der Waals surface area (Å²) < 4.78 is 17.7. The molecule has 4 nitrogen and oxygen atoms in total. The van der Waals surface area contributed by atoms with E-state index in [1.165, 1.54) is 0 Å². The molecule has 0 amide bonds. The first-order valence-electron chi connectivity index (χ1n) is 12.9. The molecule has 8 rings (SSSR count). The molecule has 4 aromatic carbocycles. The van der Waals surface area contributed by atoms with Crippen LogP contribution in [0.1, 0.15) is 0 Å². The zero-order valence-electron chi connectivity index (χ0n) is 20.9. The van der Waals surface area contributed by atoms with Crippen LogP contribution in [0.5, 0.6) is 0 Å². The van der Waals surface area contributed by atoms with Crippen molar-refractivity contribution in [1.29, 1.82) is 0 Å². The van der Waals surface area contributed by atoms with Crippen LogP contribution in [0.3, 0.4) is 0 Å². The largest absolute Gasteiger partial charge is 0.289 e. The maximum Gasteiger partial charge on any atom is 0.235 e. The van der Waals surface area contributed by atoms with Crippen LogP contribution in [0.4, 0.5) is 11.4 Å². The highest BCUT2D eigenvalue weighted by molar-refractivity contribution is 7.81. The lowest BCUT2D eigenvalue weighted by molar-refractivity contribution is 0.586. The molecule has 0 fully saturated rings. The average molecular weight is 520 g/mol. The van der Waals surface area contributed by atoms with Crippen LogP contribution in [0.2, 0.25) is 0 Å². The van der Waals surface area contributed by atoms with Crippen LogP contribution >= 0.6 is 7.29 Å². The Hall–Kier alpha value is -4.79. The van der Waals surface area contributed by atoms with Crippen molar-refractivity contribution in [2.24, 2.45) is 0 Å². The lowest BCUT2D eigenvalue weighted by atomic mass is 9.95. The summed E-state index contributed by atoms with van der Waals surface area (Å²) >= 11 is 0. The van der Waals surface area contributed by atoms with Crippen molar-refractivity contribution in [3.8, 4) is 44.5 Å². The number of anilines is 2. The van der Waals surface area contributed by atoms with Gasteiger partial charge in [0.1, 0.15) is 0 Å². The smallest absolute Gasteiger partial charge is 0.235 e. The van der Waals surface area contributed by atoms with Gasteiger partial charge in [-0.1, -0.05) is 48.5 Å². The first-order valence-corrected chi connectivity index (χ1v) is 14.6. The number of hydrogen-bond acceptors (Lipinski definition) is 3. The summed E-state index contributed by atoms with van der Waals surface area (Å²) in [6.07, 6.45) is 7.26. The van der Waals surface area contributed by atoms with E-state index < -0.39 is 7.29 Å². The van der Waals surface area contributed by atoms with Crippen LogP contribution in [-0.4, -0.2) is 9.97 Å². The molecule has 2 aliphatic heterocycles. The van der Waals surface area contributed by atoms with E-state index in [1.807, 2.05) is 85.5 Å². The van der Waals surface area contributed by atoms with Gasteiger partial charge < -0.3 is 0 Å². The SMILES string of the molecule is O=P12c3ccccc3-c3cc(-c4ccncc4)ccc3N1c1ccc(-c3ccncc3)cc1-c1ccccc12. The van der Waals surface area contributed by atoms with Crippen LogP contribution in [0.25, 0.3) is 44.5 Å². The quantitative estimate of drug-likeness (QED) is 0.219. The van der Waals surface area contributed by atoms with Gasteiger partial charge in [-0.25, -0.2) is 0 Å². The summed E-state index contributed by atoms with van der Waals surface area (Å²) in [5, 5.41) is 1.75. The van der Waals surface area contributed by atoms with E-state index in [2.05, 4.69) is 63.2 Å². The van der Waals surface area contributed by atoms with Crippen LogP contribution < -0.4 is 15.3 Å². The van der Waals surface area contributed by atoms with Gasteiger partial charge in [0.2, 0.25) is 7.29 Å². The van der Waals surface area contributed by atoms with Crippen molar-refractivity contribution in [2.75, 3.05) is 4.67 Å². The van der Waals surface area contributed by atoms with Gasteiger partial charge in [-0.3, -0.25) is 19.2 Å². The summed E-state index contributed by atoms with van der Waals surface area (Å²) in [5.74, 6) is 0. The van der Waals surface area contributed by atoms with Gasteiger partial charge in [-0.05, 0) is 94.0 Å². The first kappa shape index (κ1) is 22.2. The monoisotopic (exact) mass is 519 g/mol. The molecule has 0 bridgehead atoms. The Bertz CT molecular complexity index is 1820. The Morgan fingerprint density at radius 2 is 0.897 bits per heavy atom. The van der Waals surface area contributed by atoms with E-state index in [1.54, 1.807) is 0 Å². The van der Waals surface area contributed by atoms with Crippen molar-refractivity contribution in [1.82, 2.24) is 9.97 Å². The molecule has 0 N–H and O–H groups in total. The Kier molecular flexibility index (Phi) is 4.76. The van der Waals surface area contributed by atoms with Crippen molar-refractivity contribution in [2.45, 2.75) is 0 Å². The number of nitrogens with zero attached hydrogens (tertiary/aromatic N) is 3. The molecule has 0 atom stereocenters. The first-order chi connectivity index (χ1) is 19.2. The van der Waals surface area contributed by atoms with Gasteiger partial charge in [0.15, 0.2) is 0 Å². The van der Waals surface area contributed by atoms with Crippen molar-refractivity contribution < 1.29 is 4.57 Å². The van der Waals surface area contributed by atoms with Gasteiger partial charge in [0.25, 0.3) is 0 Å². The van der Waals surface area contributed by atoms with E-state index in [0.717, 1.165) is 66.5 Å². The maximum absolute atomic E-state index is 15.6. The molecule has 0 aliphatic carbocycles. The minimum atomic E-state index is -3.22. The van der Waals surface area contributed by atoms with Gasteiger partial charge in [-0.15, -0.1) is 0 Å². The lowest BCUT2D eigenvalue weighted by Crippen LogP contribution is -2.37. The number of hydrogen-bond donors (Lipinski definition) is 0. The topological polar surface area (TPSA) is 46.1 Å². The van der Waals surface area contributed by atoms with Crippen molar-refractivity contribution in [3.05, 3.63) is 134 Å². The molecule has 4 heterocycles. The average Bonchev–Trinajstić information content (AvgIpc) is 3.02. The fraction of sp³-hybridized carbons (Fsp3) is 0. The van der Waals surface area contributed by atoms with E-state index >= 15 is 4.57 Å². The Balaban J connectivity index is 1.43. The third kappa shape index (κ3) is 3.16. The maximum atomic E-state index is 15.6. The van der Waals surface area contributed by atoms with Crippen LogP contribution in [0, 0.1) is 0 Å². The number of benzene rings is 4. The third-order valence-corrected chi connectivity index (χ3v) is 10.9.